The van der Waals surface area contributed by atoms with Crippen molar-refractivity contribution in [2.75, 3.05) is 6.54 Å². The summed E-state index contributed by atoms with van der Waals surface area (Å²) in [6, 6.07) is 5.37. The van der Waals surface area contributed by atoms with Crippen LogP contribution in [0.15, 0.2) is 35.5 Å². The van der Waals surface area contributed by atoms with Gasteiger partial charge in [-0.2, -0.15) is 0 Å². The molecule has 1 heterocycles. The highest BCUT2D eigenvalue weighted by Gasteiger charge is 2.27. The van der Waals surface area contributed by atoms with Gasteiger partial charge < -0.3 is 4.57 Å². The average molecular weight is 319 g/mol. The summed E-state index contributed by atoms with van der Waals surface area (Å²) in [6.07, 6.45) is 6.07. The lowest BCUT2D eigenvalue weighted by molar-refractivity contribution is 0.568. The Balaban J connectivity index is 1.66. The van der Waals surface area contributed by atoms with E-state index in [-0.39, 0.29) is 0 Å². The summed E-state index contributed by atoms with van der Waals surface area (Å²) < 4.78 is 29.5. The molecule has 3 rings (SSSR count). The van der Waals surface area contributed by atoms with E-state index in [1.54, 1.807) is 12.3 Å². The minimum atomic E-state index is -3.46. The molecule has 1 aliphatic rings. The van der Waals surface area contributed by atoms with Crippen molar-refractivity contribution in [3.63, 3.8) is 0 Å². The first-order valence-corrected chi connectivity index (χ1v) is 9.03. The van der Waals surface area contributed by atoms with Gasteiger partial charge in [0.15, 0.2) is 0 Å². The third kappa shape index (κ3) is 3.23. The van der Waals surface area contributed by atoms with Gasteiger partial charge in [0.2, 0.25) is 10.0 Å². The molecular formula is C16H21N3O2S. The van der Waals surface area contributed by atoms with Gasteiger partial charge in [-0.15, -0.1) is 0 Å². The normalized spacial score (nSPS) is 15.2. The van der Waals surface area contributed by atoms with E-state index in [4.69, 9.17) is 0 Å². The van der Waals surface area contributed by atoms with Crippen molar-refractivity contribution < 1.29 is 8.42 Å². The highest BCUT2D eigenvalue weighted by atomic mass is 32.2. The Bertz CT molecular complexity index is 776. The van der Waals surface area contributed by atoms with Crippen molar-refractivity contribution in [3.05, 3.63) is 47.5 Å². The van der Waals surface area contributed by atoms with E-state index in [9.17, 15) is 8.42 Å². The van der Waals surface area contributed by atoms with Gasteiger partial charge in [-0.1, -0.05) is 17.7 Å². The highest BCUT2D eigenvalue weighted by molar-refractivity contribution is 7.89. The van der Waals surface area contributed by atoms with Crippen LogP contribution in [0.25, 0.3) is 0 Å². The number of nitrogens with one attached hydrogen (secondary N) is 1. The molecule has 22 heavy (non-hydrogen) atoms. The molecule has 0 atom stereocenters. The topological polar surface area (TPSA) is 64.0 Å². The molecular weight excluding hydrogens is 298 g/mol. The first kappa shape index (κ1) is 15.2. The largest absolute Gasteiger partial charge is 0.333 e. The molecule has 0 bridgehead atoms. The Hall–Kier alpha value is -1.66. The molecule has 118 valence electrons. The lowest BCUT2D eigenvalue weighted by Gasteiger charge is -2.11. The summed E-state index contributed by atoms with van der Waals surface area (Å²) in [5, 5.41) is 0. The Morgan fingerprint density at radius 1 is 1.32 bits per heavy atom. The SMILES string of the molecule is Cc1ccc(S(=O)(=O)NCCn2ccnc2C2CC2)c(C)c1. The first-order valence-electron chi connectivity index (χ1n) is 7.55. The maximum absolute atomic E-state index is 12.4. The van der Waals surface area contributed by atoms with Crippen molar-refractivity contribution in [1.29, 1.82) is 0 Å². The Morgan fingerprint density at radius 2 is 2.09 bits per heavy atom. The smallest absolute Gasteiger partial charge is 0.240 e. The molecule has 1 saturated carbocycles. The van der Waals surface area contributed by atoms with Gasteiger partial charge in [0.25, 0.3) is 0 Å². The van der Waals surface area contributed by atoms with Crippen molar-refractivity contribution in [2.45, 2.75) is 44.0 Å². The van der Waals surface area contributed by atoms with Crippen molar-refractivity contribution in [1.82, 2.24) is 14.3 Å². The summed E-state index contributed by atoms with van der Waals surface area (Å²) in [4.78, 5) is 4.71. The average Bonchev–Trinajstić information content (AvgIpc) is 3.18. The van der Waals surface area contributed by atoms with Crippen LogP contribution in [-0.2, 0) is 16.6 Å². The number of aryl methyl sites for hydroxylation is 2. The molecule has 6 heteroatoms. The zero-order valence-corrected chi connectivity index (χ0v) is 13.7. The third-order valence-electron chi connectivity index (χ3n) is 3.95. The molecule has 1 fully saturated rings. The summed E-state index contributed by atoms with van der Waals surface area (Å²) in [7, 11) is -3.46. The maximum Gasteiger partial charge on any atom is 0.240 e. The third-order valence-corrected chi connectivity index (χ3v) is 5.58. The summed E-state index contributed by atoms with van der Waals surface area (Å²) >= 11 is 0. The second-order valence-electron chi connectivity index (χ2n) is 5.92. The number of sulfonamides is 1. The van der Waals surface area contributed by atoms with E-state index < -0.39 is 10.0 Å². The van der Waals surface area contributed by atoms with Gasteiger partial charge in [0, 0.05) is 31.4 Å². The van der Waals surface area contributed by atoms with E-state index in [2.05, 4.69) is 9.71 Å². The number of aromatic nitrogens is 2. The fraction of sp³-hybridized carbons (Fsp3) is 0.438. The van der Waals surface area contributed by atoms with Crippen LogP contribution in [0.3, 0.4) is 0 Å². The molecule has 0 amide bonds. The minimum Gasteiger partial charge on any atom is -0.333 e. The van der Waals surface area contributed by atoms with Crippen LogP contribution in [0.1, 0.15) is 35.7 Å². The van der Waals surface area contributed by atoms with Gasteiger partial charge in [0.1, 0.15) is 5.82 Å². The van der Waals surface area contributed by atoms with Crippen LogP contribution in [-0.4, -0.2) is 24.5 Å². The summed E-state index contributed by atoms with van der Waals surface area (Å²) in [5.41, 5.74) is 1.83. The molecule has 0 saturated heterocycles. The summed E-state index contributed by atoms with van der Waals surface area (Å²) in [6.45, 7) is 4.75. The monoisotopic (exact) mass is 319 g/mol. The zero-order chi connectivity index (χ0) is 15.7. The van der Waals surface area contributed by atoms with E-state index in [0.29, 0.717) is 23.9 Å². The minimum absolute atomic E-state index is 0.353. The number of hydrogen-bond acceptors (Lipinski definition) is 3. The predicted molar refractivity (Wildman–Crippen MR) is 85.3 cm³/mol. The highest BCUT2D eigenvalue weighted by Crippen LogP contribution is 2.38. The zero-order valence-electron chi connectivity index (χ0n) is 12.9. The first-order chi connectivity index (χ1) is 10.5. The van der Waals surface area contributed by atoms with Crippen LogP contribution in [0.4, 0.5) is 0 Å². The fourth-order valence-electron chi connectivity index (χ4n) is 2.69. The molecule has 1 aromatic heterocycles. The van der Waals surface area contributed by atoms with Gasteiger partial charge in [-0.05, 0) is 38.3 Å². The molecule has 0 aliphatic heterocycles. The number of benzene rings is 1. The predicted octanol–water partition coefficient (Wildman–Crippen LogP) is 2.36. The number of imidazole rings is 1. The lowest BCUT2D eigenvalue weighted by Crippen LogP contribution is -2.28. The van der Waals surface area contributed by atoms with Gasteiger partial charge in [0.05, 0.1) is 4.90 Å². The lowest BCUT2D eigenvalue weighted by atomic mass is 10.2. The summed E-state index contributed by atoms with van der Waals surface area (Å²) in [5.74, 6) is 1.64. The number of rotatable bonds is 6. The van der Waals surface area contributed by atoms with Crippen molar-refractivity contribution >= 4 is 10.0 Å². The van der Waals surface area contributed by atoms with Crippen LogP contribution in [0.5, 0.6) is 0 Å². The van der Waals surface area contributed by atoms with Crippen LogP contribution >= 0.6 is 0 Å². The van der Waals surface area contributed by atoms with Crippen LogP contribution in [0, 0.1) is 13.8 Å². The van der Waals surface area contributed by atoms with E-state index in [1.165, 1.54) is 12.8 Å². The van der Waals surface area contributed by atoms with Crippen molar-refractivity contribution in [2.24, 2.45) is 0 Å². The molecule has 0 radical (unpaired) electrons. The second-order valence-corrected chi connectivity index (χ2v) is 7.66. The van der Waals surface area contributed by atoms with Gasteiger partial charge in [-0.3, -0.25) is 0 Å². The molecule has 2 aromatic rings. The van der Waals surface area contributed by atoms with E-state index >= 15 is 0 Å². The Morgan fingerprint density at radius 3 is 2.77 bits per heavy atom. The quantitative estimate of drug-likeness (QED) is 0.889. The standard InChI is InChI=1S/C16H21N3O2S/c1-12-3-6-15(13(2)11-12)22(20,21)18-8-10-19-9-7-17-16(19)14-4-5-14/h3,6-7,9,11,14,18H,4-5,8,10H2,1-2H3. The fourth-order valence-corrected chi connectivity index (χ4v) is 3.94. The van der Waals surface area contributed by atoms with Crippen molar-refractivity contribution in [3.8, 4) is 0 Å². The van der Waals surface area contributed by atoms with Crippen LogP contribution in [0.2, 0.25) is 0 Å². The molecule has 1 N–H and O–H groups in total. The molecule has 0 unspecified atom stereocenters. The Labute approximate surface area is 131 Å². The molecule has 1 aromatic carbocycles. The molecule has 1 aliphatic carbocycles. The molecule has 0 spiro atoms. The van der Waals surface area contributed by atoms with Crippen LogP contribution < -0.4 is 4.72 Å². The van der Waals surface area contributed by atoms with E-state index in [1.807, 2.05) is 36.7 Å². The second kappa shape index (κ2) is 5.85. The Kier molecular flexibility index (Phi) is 4.06. The van der Waals surface area contributed by atoms with Gasteiger partial charge >= 0.3 is 0 Å². The van der Waals surface area contributed by atoms with Gasteiger partial charge in [-0.25, -0.2) is 18.1 Å². The molecule has 5 nitrogen and oxygen atoms in total. The maximum atomic E-state index is 12.4. The number of hydrogen-bond donors (Lipinski definition) is 1. The number of nitrogens with zero attached hydrogens (tertiary/aromatic N) is 2. The van der Waals surface area contributed by atoms with E-state index in [0.717, 1.165) is 17.0 Å².